The van der Waals surface area contributed by atoms with Crippen LogP contribution in [0.4, 0.5) is 5.82 Å². The lowest BCUT2D eigenvalue weighted by molar-refractivity contribution is 0.181. The number of nitrogens with zero attached hydrogens (tertiary/aromatic N) is 5. The van der Waals surface area contributed by atoms with Crippen molar-refractivity contribution in [2.45, 2.75) is 26.0 Å². The molecule has 142 valence electrons. The predicted molar refractivity (Wildman–Crippen MR) is 107 cm³/mol. The standard InChI is InChI=1S/C21H22N6O/c1-15-6-8-16(9-7-15)11-19(18-5-3-4-10-22-18)26-20-12-17(13-28-2)25-21-23-14-24-27(20)21/h3-10,12,14,19,26H,11,13H2,1-2H3. The highest BCUT2D eigenvalue weighted by molar-refractivity contribution is 5.46. The first-order valence-electron chi connectivity index (χ1n) is 9.14. The Balaban J connectivity index is 1.70. The molecule has 1 atom stereocenters. The van der Waals surface area contributed by atoms with Crippen LogP contribution in [0.3, 0.4) is 0 Å². The summed E-state index contributed by atoms with van der Waals surface area (Å²) in [7, 11) is 1.65. The monoisotopic (exact) mass is 374 g/mol. The number of nitrogens with one attached hydrogen (secondary N) is 1. The maximum absolute atomic E-state index is 5.24. The number of anilines is 1. The summed E-state index contributed by atoms with van der Waals surface area (Å²) in [5.74, 6) is 1.34. The Hall–Kier alpha value is -3.32. The second-order valence-corrected chi connectivity index (χ2v) is 6.68. The molecule has 3 heterocycles. The molecule has 0 aliphatic rings. The molecule has 0 bridgehead atoms. The summed E-state index contributed by atoms with van der Waals surface area (Å²) in [6.07, 6.45) is 4.10. The van der Waals surface area contributed by atoms with E-state index >= 15 is 0 Å². The quantitative estimate of drug-likeness (QED) is 0.534. The minimum atomic E-state index is -0.0332. The summed E-state index contributed by atoms with van der Waals surface area (Å²) < 4.78 is 6.94. The van der Waals surface area contributed by atoms with Gasteiger partial charge in [0.1, 0.15) is 12.1 Å². The van der Waals surface area contributed by atoms with Crippen molar-refractivity contribution in [1.29, 1.82) is 0 Å². The summed E-state index contributed by atoms with van der Waals surface area (Å²) in [5, 5.41) is 7.89. The van der Waals surface area contributed by atoms with Gasteiger partial charge in [-0.05, 0) is 31.0 Å². The normalized spacial score (nSPS) is 12.2. The van der Waals surface area contributed by atoms with Crippen LogP contribution in [-0.2, 0) is 17.8 Å². The van der Waals surface area contributed by atoms with Crippen molar-refractivity contribution in [1.82, 2.24) is 24.6 Å². The molecule has 0 saturated heterocycles. The van der Waals surface area contributed by atoms with Gasteiger partial charge in [0.05, 0.1) is 24.0 Å². The molecule has 4 rings (SSSR count). The van der Waals surface area contributed by atoms with Gasteiger partial charge in [-0.3, -0.25) is 4.98 Å². The van der Waals surface area contributed by atoms with Crippen LogP contribution < -0.4 is 5.32 Å². The minimum Gasteiger partial charge on any atom is -0.378 e. The molecule has 4 aromatic rings. The van der Waals surface area contributed by atoms with Crippen LogP contribution in [0, 0.1) is 6.92 Å². The molecule has 0 amide bonds. The Morgan fingerprint density at radius 3 is 2.71 bits per heavy atom. The Labute approximate surface area is 163 Å². The highest BCUT2D eigenvalue weighted by Gasteiger charge is 2.17. The van der Waals surface area contributed by atoms with Crippen LogP contribution >= 0.6 is 0 Å². The van der Waals surface area contributed by atoms with Gasteiger partial charge in [-0.25, -0.2) is 4.98 Å². The highest BCUT2D eigenvalue weighted by atomic mass is 16.5. The number of hydrogen-bond donors (Lipinski definition) is 1. The average Bonchev–Trinajstić information content (AvgIpc) is 3.19. The van der Waals surface area contributed by atoms with Crippen molar-refractivity contribution in [3.8, 4) is 0 Å². The number of fused-ring (bicyclic) bond motifs is 1. The van der Waals surface area contributed by atoms with Gasteiger partial charge in [0.25, 0.3) is 5.78 Å². The molecule has 1 unspecified atom stereocenters. The summed E-state index contributed by atoms with van der Waals surface area (Å²) in [4.78, 5) is 13.3. The largest absolute Gasteiger partial charge is 0.378 e. The zero-order chi connectivity index (χ0) is 19.3. The Kier molecular flexibility index (Phi) is 5.25. The van der Waals surface area contributed by atoms with E-state index in [2.05, 4.69) is 56.6 Å². The van der Waals surface area contributed by atoms with Crippen molar-refractivity contribution in [2.75, 3.05) is 12.4 Å². The number of benzene rings is 1. The molecule has 7 heteroatoms. The van der Waals surface area contributed by atoms with Crippen molar-refractivity contribution in [3.63, 3.8) is 0 Å². The Morgan fingerprint density at radius 1 is 1.11 bits per heavy atom. The van der Waals surface area contributed by atoms with Crippen LogP contribution in [0.15, 0.2) is 61.1 Å². The summed E-state index contributed by atoms with van der Waals surface area (Å²) >= 11 is 0. The molecular formula is C21H22N6O. The van der Waals surface area contributed by atoms with Gasteiger partial charge in [-0.1, -0.05) is 35.9 Å². The smallest absolute Gasteiger partial charge is 0.254 e. The second-order valence-electron chi connectivity index (χ2n) is 6.68. The number of methoxy groups -OCH3 is 1. The van der Waals surface area contributed by atoms with Gasteiger partial charge in [0.2, 0.25) is 0 Å². The third kappa shape index (κ3) is 3.99. The molecule has 1 aromatic carbocycles. The lowest BCUT2D eigenvalue weighted by atomic mass is 10.0. The van der Waals surface area contributed by atoms with Gasteiger partial charge in [0.15, 0.2) is 0 Å². The van der Waals surface area contributed by atoms with E-state index in [1.807, 2.05) is 30.5 Å². The van der Waals surface area contributed by atoms with E-state index in [4.69, 9.17) is 4.74 Å². The zero-order valence-electron chi connectivity index (χ0n) is 15.9. The Morgan fingerprint density at radius 2 is 1.96 bits per heavy atom. The summed E-state index contributed by atoms with van der Waals surface area (Å²) in [6.45, 7) is 2.50. The lowest BCUT2D eigenvalue weighted by Crippen LogP contribution is -2.18. The molecular weight excluding hydrogens is 352 g/mol. The molecule has 0 radical (unpaired) electrons. The number of ether oxygens (including phenoxy) is 1. The maximum atomic E-state index is 5.24. The molecule has 7 nitrogen and oxygen atoms in total. The molecule has 0 aliphatic heterocycles. The van der Waals surface area contributed by atoms with E-state index in [0.29, 0.717) is 12.4 Å². The van der Waals surface area contributed by atoms with E-state index < -0.39 is 0 Å². The van der Waals surface area contributed by atoms with Crippen molar-refractivity contribution < 1.29 is 4.74 Å². The minimum absolute atomic E-state index is 0.0332. The van der Waals surface area contributed by atoms with Crippen molar-refractivity contribution in [2.24, 2.45) is 0 Å². The fourth-order valence-corrected chi connectivity index (χ4v) is 3.14. The molecule has 1 N–H and O–H groups in total. The van der Waals surface area contributed by atoms with E-state index in [9.17, 15) is 0 Å². The third-order valence-corrected chi connectivity index (χ3v) is 4.52. The summed E-state index contributed by atoms with van der Waals surface area (Å²) in [6, 6.07) is 16.4. The molecule has 0 spiro atoms. The fourth-order valence-electron chi connectivity index (χ4n) is 3.14. The van der Waals surface area contributed by atoms with Crippen LogP contribution in [0.1, 0.15) is 28.6 Å². The Bertz CT molecular complexity index is 1050. The highest BCUT2D eigenvalue weighted by Crippen LogP contribution is 2.23. The topological polar surface area (TPSA) is 77.2 Å². The van der Waals surface area contributed by atoms with Crippen molar-refractivity contribution in [3.05, 3.63) is 83.6 Å². The number of aryl methyl sites for hydroxylation is 1. The van der Waals surface area contributed by atoms with Gasteiger partial charge in [-0.2, -0.15) is 14.6 Å². The maximum Gasteiger partial charge on any atom is 0.254 e. The van der Waals surface area contributed by atoms with Crippen LogP contribution in [-0.4, -0.2) is 31.7 Å². The van der Waals surface area contributed by atoms with E-state index in [1.54, 1.807) is 11.6 Å². The lowest BCUT2D eigenvalue weighted by Gasteiger charge is -2.20. The molecule has 0 fully saturated rings. The van der Waals surface area contributed by atoms with Crippen molar-refractivity contribution >= 4 is 11.6 Å². The van der Waals surface area contributed by atoms with Gasteiger partial charge in [-0.15, -0.1) is 0 Å². The van der Waals surface area contributed by atoms with Gasteiger partial charge < -0.3 is 10.1 Å². The molecule has 3 aromatic heterocycles. The molecule has 0 aliphatic carbocycles. The number of hydrogen-bond acceptors (Lipinski definition) is 6. The third-order valence-electron chi connectivity index (χ3n) is 4.52. The average molecular weight is 374 g/mol. The van der Waals surface area contributed by atoms with Crippen LogP contribution in [0.25, 0.3) is 5.78 Å². The molecule has 0 saturated carbocycles. The van der Waals surface area contributed by atoms with E-state index in [1.165, 1.54) is 17.5 Å². The molecule has 28 heavy (non-hydrogen) atoms. The fraction of sp³-hybridized carbons (Fsp3) is 0.238. The SMILES string of the molecule is COCc1cc(NC(Cc2ccc(C)cc2)c2ccccn2)n2ncnc2n1. The number of rotatable bonds is 7. The van der Waals surface area contributed by atoms with Gasteiger partial charge in [0, 0.05) is 19.4 Å². The first-order chi connectivity index (χ1) is 13.7. The predicted octanol–water partition coefficient (Wildman–Crippen LogP) is 3.37. The summed E-state index contributed by atoms with van der Waals surface area (Å²) in [5.41, 5.74) is 4.23. The van der Waals surface area contributed by atoms with E-state index in [0.717, 1.165) is 23.6 Å². The number of aromatic nitrogens is 5. The first-order valence-corrected chi connectivity index (χ1v) is 9.14. The number of pyridine rings is 1. The second kappa shape index (κ2) is 8.14. The van der Waals surface area contributed by atoms with E-state index in [-0.39, 0.29) is 6.04 Å². The van der Waals surface area contributed by atoms with Gasteiger partial charge >= 0.3 is 0 Å². The first kappa shape index (κ1) is 18.1. The van der Waals surface area contributed by atoms with Crippen LogP contribution in [0.2, 0.25) is 0 Å². The zero-order valence-corrected chi connectivity index (χ0v) is 15.9. The van der Waals surface area contributed by atoms with Crippen LogP contribution in [0.5, 0.6) is 0 Å².